The summed E-state index contributed by atoms with van der Waals surface area (Å²) in [6.07, 6.45) is 0.162. The molecule has 0 aliphatic carbocycles. The summed E-state index contributed by atoms with van der Waals surface area (Å²) in [5.41, 5.74) is 2.36. The van der Waals surface area contributed by atoms with Crippen LogP contribution in [-0.2, 0) is 11.2 Å². The monoisotopic (exact) mass is 427 g/mol. The van der Waals surface area contributed by atoms with Crippen molar-refractivity contribution in [2.24, 2.45) is 0 Å². The number of nitrogens with one attached hydrogen (secondary N) is 1. The largest absolute Gasteiger partial charge is 0.508 e. The molecule has 0 spiro atoms. The Labute approximate surface area is 187 Å². The second kappa shape index (κ2) is 9.43. The van der Waals surface area contributed by atoms with E-state index in [0.717, 1.165) is 21.9 Å². The summed E-state index contributed by atoms with van der Waals surface area (Å²) in [5.74, 6) is 1.16. The number of hydrogen-bond donors (Lipinski definition) is 2. The number of rotatable bonds is 7. The fraction of sp³-hybridized carbons (Fsp3) is 0.148. The van der Waals surface area contributed by atoms with Gasteiger partial charge in [0.2, 0.25) is 5.91 Å². The van der Waals surface area contributed by atoms with Crippen molar-refractivity contribution < 1.29 is 19.4 Å². The highest BCUT2D eigenvalue weighted by molar-refractivity contribution is 5.89. The Morgan fingerprint density at radius 1 is 0.875 bits per heavy atom. The van der Waals surface area contributed by atoms with Crippen molar-refractivity contribution in [3.63, 3.8) is 0 Å². The van der Waals surface area contributed by atoms with E-state index < -0.39 is 6.04 Å². The van der Waals surface area contributed by atoms with E-state index in [2.05, 4.69) is 5.32 Å². The van der Waals surface area contributed by atoms with Gasteiger partial charge in [-0.2, -0.15) is 0 Å². The lowest BCUT2D eigenvalue weighted by Gasteiger charge is -2.23. The van der Waals surface area contributed by atoms with Crippen LogP contribution in [0.2, 0.25) is 0 Å². The van der Waals surface area contributed by atoms with E-state index in [-0.39, 0.29) is 18.1 Å². The van der Waals surface area contributed by atoms with Gasteiger partial charge in [-0.3, -0.25) is 4.79 Å². The summed E-state index contributed by atoms with van der Waals surface area (Å²) in [6.45, 7) is 0. The quantitative estimate of drug-likeness (QED) is 0.435. The summed E-state index contributed by atoms with van der Waals surface area (Å²) in [7, 11) is 3.14. The molecule has 4 aromatic carbocycles. The topological polar surface area (TPSA) is 67.8 Å². The molecule has 1 amide bonds. The lowest BCUT2D eigenvalue weighted by Crippen LogP contribution is -2.30. The third-order valence-electron chi connectivity index (χ3n) is 5.49. The molecular weight excluding hydrogens is 402 g/mol. The van der Waals surface area contributed by atoms with Crippen LogP contribution in [0, 0.1) is 0 Å². The number of carbonyl (C=O) groups excluding carboxylic acids is 1. The minimum atomic E-state index is -0.505. The molecule has 0 saturated carbocycles. The van der Waals surface area contributed by atoms with Crippen LogP contribution < -0.4 is 14.8 Å². The molecule has 0 fully saturated rings. The molecule has 0 radical (unpaired) electrons. The molecule has 2 N–H and O–H groups in total. The van der Waals surface area contributed by atoms with Gasteiger partial charge in [0.05, 0.1) is 26.7 Å². The molecule has 4 aromatic rings. The Morgan fingerprint density at radius 2 is 1.59 bits per heavy atom. The number of amides is 1. The number of carbonyl (C=O) groups is 1. The third kappa shape index (κ3) is 4.37. The Hall–Kier alpha value is -3.99. The number of benzene rings is 4. The van der Waals surface area contributed by atoms with Crippen molar-refractivity contribution in [1.82, 2.24) is 5.32 Å². The fourth-order valence-electron chi connectivity index (χ4n) is 3.94. The number of fused-ring (bicyclic) bond motifs is 1. The molecule has 1 unspecified atom stereocenters. The van der Waals surface area contributed by atoms with Gasteiger partial charge < -0.3 is 19.9 Å². The Bertz CT molecular complexity index is 1240. The van der Waals surface area contributed by atoms with Crippen LogP contribution in [0.1, 0.15) is 22.7 Å². The maximum atomic E-state index is 13.1. The molecule has 162 valence electrons. The van der Waals surface area contributed by atoms with Crippen LogP contribution in [0.3, 0.4) is 0 Å². The Balaban J connectivity index is 1.69. The van der Waals surface area contributed by atoms with E-state index in [9.17, 15) is 9.90 Å². The minimum Gasteiger partial charge on any atom is -0.508 e. The van der Waals surface area contributed by atoms with Gasteiger partial charge in [-0.1, -0.05) is 66.7 Å². The average molecular weight is 428 g/mol. The smallest absolute Gasteiger partial charge is 0.225 e. The van der Waals surface area contributed by atoms with E-state index in [1.807, 2.05) is 66.7 Å². The van der Waals surface area contributed by atoms with Gasteiger partial charge in [-0.15, -0.1) is 0 Å². The molecule has 0 bridgehead atoms. The molecule has 32 heavy (non-hydrogen) atoms. The molecule has 1 atom stereocenters. The summed E-state index contributed by atoms with van der Waals surface area (Å²) in [4.78, 5) is 13.1. The predicted octanol–water partition coefficient (Wildman–Crippen LogP) is 5.01. The average Bonchev–Trinajstić information content (AvgIpc) is 2.83. The van der Waals surface area contributed by atoms with Crippen LogP contribution in [0.15, 0.2) is 84.9 Å². The highest BCUT2D eigenvalue weighted by Crippen LogP contribution is 2.36. The lowest BCUT2D eigenvalue weighted by molar-refractivity contribution is -0.120. The van der Waals surface area contributed by atoms with E-state index in [4.69, 9.17) is 9.47 Å². The number of methoxy groups -OCH3 is 2. The van der Waals surface area contributed by atoms with E-state index >= 15 is 0 Å². The van der Waals surface area contributed by atoms with Gasteiger partial charge >= 0.3 is 0 Å². The van der Waals surface area contributed by atoms with Crippen molar-refractivity contribution in [1.29, 1.82) is 0 Å². The number of aromatic hydroxyl groups is 1. The molecule has 0 aromatic heterocycles. The summed E-state index contributed by atoms with van der Waals surface area (Å²) >= 11 is 0. The molecule has 0 saturated heterocycles. The van der Waals surface area contributed by atoms with Gasteiger partial charge in [0.1, 0.15) is 5.75 Å². The van der Waals surface area contributed by atoms with Gasteiger partial charge in [-0.05, 0) is 40.1 Å². The van der Waals surface area contributed by atoms with Crippen molar-refractivity contribution in [2.45, 2.75) is 12.5 Å². The van der Waals surface area contributed by atoms with Crippen LogP contribution in [0.5, 0.6) is 17.2 Å². The molecular formula is C27H25NO4. The zero-order valence-corrected chi connectivity index (χ0v) is 18.0. The minimum absolute atomic E-state index is 0.143. The number of ether oxygens (including phenoxy) is 2. The van der Waals surface area contributed by atoms with Crippen LogP contribution in [-0.4, -0.2) is 25.2 Å². The number of phenolic OH excluding ortho intramolecular Hbond substituents is 1. The van der Waals surface area contributed by atoms with Gasteiger partial charge in [0.15, 0.2) is 11.5 Å². The maximum Gasteiger partial charge on any atom is 0.225 e. The third-order valence-corrected chi connectivity index (χ3v) is 5.49. The highest BCUT2D eigenvalue weighted by atomic mass is 16.5. The van der Waals surface area contributed by atoms with Gasteiger partial charge in [-0.25, -0.2) is 0 Å². The van der Waals surface area contributed by atoms with Crippen molar-refractivity contribution in [3.05, 3.63) is 102 Å². The normalized spacial score (nSPS) is 11.7. The highest BCUT2D eigenvalue weighted by Gasteiger charge is 2.22. The van der Waals surface area contributed by atoms with Crippen LogP contribution in [0.25, 0.3) is 10.8 Å². The standard InChI is InChI=1S/C27H25NO4/c1-31-23-15-12-18(16-24(23)32-2)17-25(30)28-27(20-9-4-3-5-10-20)26-21-11-7-6-8-19(21)13-14-22(26)29/h3-16,27,29H,17H2,1-2H3,(H,28,30). The zero-order valence-electron chi connectivity index (χ0n) is 18.0. The zero-order chi connectivity index (χ0) is 22.5. The molecule has 4 rings (SSSR count). The second-order valence-corrected chi connectivity index (χ2v) is 7.50. The molecule has 5 nitrogen and oxygen atoms in total. The first kappa shape index (κ1) is 21.2. The van der Waals surface area contributed by atoms with Gasteiger partial charge in [0.25, 0.3) is 0 Å². The van der Waals surface area contributed by atoms with Crippen molar-refractivity contribution >= 4 is 16.7 Å². The van der Waals surface area contributed by atoms with Gasteiger partial charge in [0, 0.05) is 5.56 Å². The summed E-state index contributed by atoms with van der Waals surface area (Å²) < 4.78 is 10.6. The Kier molecular flexibility index (Phi) is 6.26. The molecule has 5 heteroatoms. The van der Waals surface area contributed by atoms with Crippen LogP contribution in [0.4, 0.5) is 0 Å². The fourth-order valence-corrected chi connectivity index (χ4v) is 3.94. The first-order valence-corrected chi connectivity index (χ1v) is 10.4. The second-order valence-electron chi connectivity index (χ2n) is 7.50. The predicted molar refractivity (Wildman–Crippen MR) is 125 cm³/mol. The first-order chi connectivity index (χ1) is 15.6. The molecule has 0 aliphatic heterocycles. The molecule has 0 aliphatic rings. The number of phenols is 1. The number of hydrogen-bond acceptors (Lipinski definition) is 4. The molecule has 0 heterocycles. The SMILES string of the molecule is COc1ccc(CC(=O)NC(c2ccccc2)c2c(O)ccc3ccccc23)cc1OC. The summed E-state index contributed by atoms with van der Waals surface area (Å²) in [6, 6.07) is 26.0. The van der Waals surface area contributed by atoms with E-state index in [1.54, 1.807) is 32.4 Å². The summed E-state index contributed by atoms with van der Waals surface area (Å²) in [5, 5.41) is 15.8. The van der Waals surface area contributed by atoms with Crippen molar-refractivity contribution in [3.8, 4) is 17.2 Å². The van der Waals surface area contributed by atoms with Crippen LogP contribution >= 0.6 is 0 Å². The Morgan fingerprint density at radius 3 is 2.34 bits per heavy atom. The van der Waals surface area contributed by atoms with Crippen molar-refractivity contribution in [2.75, 3.05) is 14.2 Å². The lowest BCUT2D eigenvalue weighted by atomic mass is 9.92. The maximum absolute atomic E-state index is 13.1. The van der Waals surface area contributed by atoms with E-state index in [0.29, 0.717) is 17.1 Å². The van der Waals surface area contributed by atoms with E-state index in [1.165, 1.54) is 0 Å². The first-order valence-electron chi connectivity index (χ1n) is 10.4.